The number of methoxy groups -OCH3 is 1. The van der Waals surface area contributed by atoms with Gasteiger partial charge >= 0.3 is 0 Å². The van der Waals surface area contributed by atoms with Crippen LogP contribution in [0.1, 0.15) is 16.6 Å². The fourth-order valence-corrected chi connectivity index (χ4v) is 2.64. The fraction of sp³-hybridized carbons (Fsp3) is 0.214. The minimum atomic E-state index is -0.0564. The third-order valence-electron chi connectivity index (χ3n) is 2.81. The largest absolute Gasteiger partial charge is 0.495 e. The Morgan fingerprint density at radius 1 is 1.32 bits per heavy atom. The van der Waals surface area contributed by atoms with Gasteiger partial charge in [0, 0.05) is 17.9 Å². The summed E-state index contributed by atoms with van der Waals surface area (Å²) in [5, 5.41) is 1.85. The van der Waals surface area contributed by atoms with Crippen LogP contribution >= 0.6 is 11.3 Å². The van der Waals surface area contributed by atoms with Crippen molar-refractivity contribution >= 4 is 28.6 Å². The van der Waals surface area contributed by atoms with Crippen LogP contribution in [0.4, 0.5) is 11.4 Å². The van der Waals surface area contributed by atoms with Gasteiger partial charge in [0.2, 0.25) is 0 Å². The molecule has 0 radical (unpaired) electrons. The molecule has 0 atom stereocenters. The number of anilines is 2. The number of ether oxygens (including phenoxy) is 1. The first kappa shape index (κ1) is 13.4. The standard InChI is InChI=1S/C14H16N2O2S/c1-3-16(11-6-4-10(15)5-7-11)14(17)13-12(18-2)8-9-19-13/h4-9H,3,15H2,1-2H3. The Balaban J connectivity index is 2.32. The van der Waals surface area contributed by atoms with Crippen LogP contribution in [0.2, 0.25) is 0 Å². The third-order valence-corrected chi connectivity index (χ3v) is 3.69. The Morgan fingerprint density at radius 2 is 2.00 bits per heavy atom. The van der Waals surface area contributed by atoms with Gasteiger partial charge in [0.1, 0.15) is 10.6 Å². The lowest BCUT2D eigenvalue weighted by Gasteiger charge is -2.21. The van der Waals surface area contributed by atoms with E-state index in [1.165, 1.54) is 11.3 Å². The minimum absolute atomic E-state index is 0.0564. The molecule has 0 unspecified atom stereocenters. The molecule has 2 aromatic rings. The van der Waals surface area contributed by atoms with Gasteiger partial charge in [0.25, 0.3) is 5.91 Å². The molecule has 19 heavy (non-hydrogen) atoms. The molecule has 1 amide bonds. The molecule has 0 saturated carbocycles. The zero-order chi connectivity index (χ0) is 13.8. The number of benzene rings is 1. The number of carbonyl (C=O) groups is 1. The van der Waals surface area contributed by atoms with Crippen LogP contribution in [0.5, 0.6) is 5.75 Å². The smallest absolute Gasteiger partial charge is 0.272 e. The highest BCUT2D eigenvalue weighted by Gasteiger charge is 2.21. The Morgan fingerprint density at radius 3 is 2.58 bits per heavy atom. The van der Waals surface area contributed by atoms with Gasteiger partial charge in [0.05, 0.1) is 7.11 Å². The first-order valence-electron chi connectivity index (χ1n) is 5.96. The van der Waals surface area contributed by atoms with E-state index in [4.69, 9.17) is 10.5 Å². The molecule has 0 aliphatic carbocycles. The summed E-state index contributed by atoms with van der Waals surface area (Å²) < 4.78 is 5.20. The second-order valence-corrected chi connectivity index (χ2v) is 4.88. The van der Waals surface area contributed by atoms with Crippen molar-refractivity contribution in [1.29, 1.82) is 0 Å². The number of hydrogen-bond donors (Lipinski definition) is 1. The number of hydrogen-bond acceptors (Lipinski definition) is 4. The number of nitrogens with two attached hydrogens (primary N) is 1. The van der Waals surface area contributed by atoms with Gasteiger partial charge in [-0.3, -0.25) is 4.79 Å². The molecule has 0 fully saturated rings. The van der Waals surface area contributed by atoms with E-state index < -0.39 is 0 Å². The van der Waals surface area contributed by atoms with Gasteiger partial charge in [-0.25, -0.2) is 0 Å². The maximum absolute atomic E-state index is 12.5. The highest BCUT2D eigenvalue weighted by Crippen LogP contribution is 2.28. The van der Waals surface area contributed by atoms with Gasteiger partial charge in [-0.05, 0) is 42.6 Å². The normalized spacial score (nSPS) is 10.2. The van der Waals surface area contributed by atoms with Crippen LogP contribution < -0.4 is 15.4 Å². The van der Waals surface area contributed by atoms with E-state index >= 15 is 0 Å². The molecule has 5 heteroatoms. The summed E-state index contributed by atoms with van der Waals surface area (Å²) in [4.78, 5) is 14.8. The SMILES string of the molecule is CCN(C(=O)c1sccc1OC)c1ccc(N)cc1. The van der Waals surface area contributed by atoms with Crippen molar-refractivity contribution in [3.8, 4) is 5.75 Å². The van der Waals surface area contributed by atoms with Gasteiger partial charge in [0.15, 0.2) is 0 Å². The van der Waals surface area contributed by atoms with E-state index in [-0.39, 0.29) is 5.91 Å². The van der Waals surface area contributed by atoms with Crippen molar-refractivity contribution in [2.75, 3.05) is 24.3 Å². The van der Waals surface area contributed by atoms with Crippen LogP contribution in [-0.2, 0) is 0 Å². The summed E-state index contributed by atoms with van der Waals surface area (Å²) in [6.07, 6.45) is 0. The number of carbonyl (C=O) groups excluding carboxylic acids is 1. The molecule has 0 aliphatic rings. The van der Waals surface area contributed by atoms with Gasteiger partial charge in [-0.15, -0.1) is 11.3 Å². The van der Waals surface area contributed by atoms with Crippen molar-refractivity contribution in [1.82, 2.24) is 0 Å². The highest BCUT2D eigenvalue weighted by molar-refractivity contribution is 7.12. The molecule has 4 nitrogen and oxygen atoms in total. The maximum Gasteiger partial charge on any atom is 0.272 e. The third kappa shape index (κ3) is 2.71. The van der Waals surface area contributed by atoms with Crippen molar-refractivity contribution in [3.63, 3.8) is 0 Å². The molecule has 1 aromatic carbocycles. The molecular formula is C14H16N2O2S. The number of nitrogen functional groups attached to an aromatic ring is 1. The molecule has 2 N–H and O–H groups in total. The van der Waals surface area contributed by atoms with Crippen LogP contribution in [0, 0.1) is 0 Å². The van der Waals surface area contributed by atoms with Crippen LogP contribution in [0.15, 0.2) is 35.7 Å². The van der Waals surface area contributed by atoms with Gasteiger partial charge < -0.3 is 15.4 Å². The van der Waals surface area contributed by atoms with Crippen molar-refractivity contribution in [2.45, 2.75) is 6.92 Å². The molecular weight excluding hydrogens is 260 g/mol. The summed E-state index contributed by atoms with van der Waals surface area (Å²) in [7, 11) is 1.57. The Kier molecular flexibility index (Phi) is 4.06. The average Bonchev–Trinajstić information content (AvgIpc) is 2.90. The Labute approximate surface area is 116 Å². The first-order chi connectivity index (χ1) is 9.17. The maximum atomic E-state index is 12.5. The Hall–Kier alpha value is -2.01. The molecule has 0 bridgehead atoms. The second-order valence-electron chi connectivity index (χ2n) is 3.96. The fourth-order valence-electron chi connectivity index (χ4n) is 1.83. The quantitative estimate of drug-likeness (QED) is 0.873. The summed E-state index contributed by atoms with van der Waals surface area (Å²) in [6, 6.07) is 9.07. The molecule has 1 heterocycles. The van der Waals surface area contributed by atoms with Gasteiger partial charge in [-0.1, -0.05) is 0 Å². The van der Waals surface area contributed by atoms with Crippen molar-refractivity contribution in [2.24, 2.45) is 0 Å². The molecule has 1 aromatic heterocycles. The van der Waals surface area contributed by atoms with Gasteiger partial charge in [-0.2, -0.15) is 0 Å². The lowest BCUT2D eigenvalue weighted by molar-refractivity contribution is 0.0989. The summed E-state index contributed by atoms with van der Waals surface area (Å²) in [5.41, 5.74) is 7.18. The summed E-state index contributed by atoms with van der Waals surface area (Å²) >= 11 is 1.38. The summed E-state index contributed by atoms with van der Waals surface area (Å²) in [5.74, 6) is 0.558. The minimum Gasteiger partial charge on any atom is -0.495 e. The molecule has 2 rings (SSSR count). The molecule has 0 saturated heterocycles. The van der Waals surface area contributed by atoms with Crippen LogP contribution in [0.3, 0.4) is 0 Å². The monoisotopic (exact) mass is 276 g/mol. The zero-order valence-corrected chi connectivity index (χ0v) is 11.7. The molecule has 0 spiro atoms. The van der Waals surface area contributed by atoms with E-state index in [9.17, 15) is 4.79 Å². The van der Waals surface area contributed by atoms with Crippen molar-refractivity contribution in [3.05, 3.63) is 40.6 Å². The summed E-state index contributed by atoms with van der Waals surface area (Å²) in [6.45, 7) is 2.53. The second kappa shape index (κ2) is 5.75. The molecule has 0 aliphatic heterocycles. The van der Waals surface area contributed by atoms with E-state index in [0.717, 1.165) is 5.69 Å². The zero-order valence-electron chi connectivity index (χ0n) is 10.9. The lowest BCUT2D eigenvalue weighted by atomic mass is 10.2. The number of amides is 1. The average molecular weight is 276 g/mol. The van der Waals surface area contributed by atoms with Crippen molar-refractivity contribution < 1.29 is 9.53 Å². The van der Waals surface area contributed by atoms with E-state index in [2.05, 4.69) is 0 Å². The van der Waals surface area contributed by atoms with E-state index in [1.807, 2.05) is 24.4 Å². The topological polar surface area (TPSA) is 55.6 Å². The van der Waals surface area contributed by atoms with Crippen LogP contribution in [0.25, 0.3) is 0 Å². The first-order valence-corrected chi connectivity index (χ1v) is 6.84. The predicted octanol–water partition coefficient (Wildman–Crippen LogP) is 3.01. The Bertz CT molecular complexity index is 563. The van der Waals surface area contributed by atoms with E-state index in [0.29, 0.717) is 22.9 Å². The van der Waals surface area contributed by atoms with Crippen LogP contribution in [-0.4, -0.2) is 19.6 Å². The van der Waals surface area contributed by atoms with E-state index in [1.54, 1.807) is 30.2 Å². The molecule has 100 valence electrons. The highest BCUT2D eigenvalue weighted by atomic mass is 32.1. The number of thiophene rings is 1. The lowest BCUT2D eigenvalue weighted by Crippen LogP contribution is -2.30. The predicted molar refractivity (Wildman–Crippen MR) is 79.1 cm³/mol. The number of rotatable bonds is 4. The number of nitrogens with zero attached hydrogens (tertiary/aromatic N) is 1.